The van der Waals surface area contributed by atoms with Gasteiger partial charge in [-0.3, -0.25) is 4.98 Å². The molecule has 1 aromatic carbocycles. The number of methoxy groups -OCH3 is 2. The number of oxazole rings is 1. The van der Waals surface area contributed by atoms with Gasteiger partial charge in [0.25, 0.3) is 0 Å². The van der Waals surface area contributed by atoms with E-state index < -0.39 is 5.76 Å². The quantitative estimate of drug-likeness (QED) is 0.780. The minimum absolute atomic E-state index is 0.452. The van der Waals surface area contributed by atoms with Gasteiger partial charge in [-0.05, 0) is 12.1 Å². The summed E-state index contributed by atoms with van der Waals surface area (Å²) in [6, 6.07) is 3.33. The first kappa shape index (κ1) is 8.68. The van der Waals surface area contributed by atoms with Gasteiger partial charge in [0.05, 0.1) is 14.2 Å². The molecule has 74 valence electrons. The summed E-state index contributed by atoms with van der Waals surface area (Å²) >= 11 is 0. The van der Waals surface area contributed by atoms with E-state index in [2.05, 4.69) is 4.98 Å². The van der Waals surface area contributed by atoms with Crippen molar-refractivity contribution in [1.82, 2.24) is 4.98 Å². The van der Waals surface area contributed by atoms with Crippen LogP contribution < -0.4 is 15.2 Å². The van der Waals surface area contributed by atoms with Gasteiger partial charge >= 0.3 is 5.76 Å². The first-order valence-corrected chi connectivity index (χ1v) is 4.00. The molecule has 0 saturated carbocycles. The molecule has 0 bridgehead atoms. The van der Waals surface area contributed by atoms with Crippen molar-refractivity contribution in [2.75, 3.05) is 14.2 Å². The molecule has 0 saturated heterocycles. The topological polar surface area (TPSA) is 64.5 Å². The van der Waals surface area contributed by atoms with Crippen molar-refractivity contribution in [3.8, 4) is 11.5 Å². The first-order chi connectivity index (χ1) is 6.76. The zero-order chi connectivity index (χ0) is 10.1. The molecular weight excluding hydrogens is 186 g/mol. The number of hydrogen-bond donors (Lipinski definition) is 1. The summed E-state index contributed by atoms with van der Waals surface area (Å²) in [4.78, 5) is 13.5. The Balaban J connectivity index is 2.82. The maximum absolute atomic E-state index is 10.9. The molecule has 0 aliphatic heterocycles. The van der Waals surface area contributed by atoms with Gasteiger partial charge in [-0.25, -0.2) is 4.79 Å². The Morgan fingerprint density at radius 2 is 2.07 bits per heavy atom. The third kappa shape index (κ3) is 1.14. The number of H-pyrrole nitrogens is 1. The number of benzene rings is 1. The third-order valence-corrected chi connectivity index (χ3v) is 1.94. The molecule has 0 aliphatic rings. The van der Waals surface area contributed by atoms with E-state index in [1.54, 1.807) is 12.1 Å². The van der Waals surface area contributed by atoms with E-state index in [1.807, 2.05) is 0 Å². The standard InChI is InChI=1S/C9H9NO4/c1-12-6-4-3-5-7(8(6)13-2)10-9(11)14-5/h3-4H,1-2H3,(H,10,11). The lowest BCUT2D eigenvalue weighted by molar-refractivity contribution is 0.358. The molecule has 1 aromatic heterocycles. The van der Waals surface area contributed by atoms with E-state index >= 15 is 0 Å². The summed E-state index contributed by atoms with van der Waals surface area (Å²) in [5, 5.41) is 0. The molecular formula is C9H9NO4. The van der Waals surface area contributed by atoms with Gasteiger partial charge in [0.1, 0.15) is 5.52 Å². The fourth-order valence-electron chi connectivity index (χ4n) is 1.34. The molecule has 0 amide bonds. The summed E-state index contributed by atoms with van der Waals surface area (Å²) in [6.45, 7) is 0. The Kier molecular flexibility index (Phi) is 1.92. The van der Waals surface area contributed by atoms with Crippen LogP contribution in [0.4, 0.5) is 0 Å². The molecule has 0 aliphatic carbocycles. The minimum atomic E-state index is -0.508. The Morgan fingerprint density at radius 3 is 2.71 bits per heavy atom. The van der Waals surface area contributed by atoms with Crippen molar-refractivity contribution < 1.29 is 13.9 Å². The van der Waals surface area contributed by atoms with Gasteiger partial charge < -0.3 is 13.9 Å². The molecule has 1 heterocycles. The summed E-state index contributed by atoms with van der Waals surface area (Å²) in [5.41, 5.74) is 0.963. The van der Waals surface area contributed by atoms with Gasteiger partial charge in [0, 0.05) is 0 Å². The molecule has 2 rings (SSSR count). The van der Waals surface area contributed by atoms with Crippen molar-refractivity contribution in [2.45, 2.75) is 0 Å². The Labute approximate surface area is 79.2 Å². The highest BCUT2D eigenvalue weighted by Gasteiger charge is 2.12. The number of aromatic nitrogens is 1. The smallest absolute Gasteiger partial charge is 0.417 e. The molecule has 0 radical (unpaired) electrons. The monoisotopic (exact) mass is 195 g/mol. The molecule has 0 fully saturated rings. The normalized spacial score (nSPS) is 10.4. The number of rotatable bonds is 2. The zero-order valence-corrected chi connectivity index (χ0v) is 7.79. The van der Waals surface area contributed by atoms with Crippen molar-refractivity contribution in [1.29, 1.82) is 0 Å². The van der Waals surface area contributed by atoms with Crippen LogP contribution in [-0.4, -0.2) is 19.2 Å². The first-order valence-electron chi connectivity index (χ1n) is 4.00. The van der Waals surface area contributed by atoms with Crippen LogP contribution in [0.1, 0.15) is 0 Å². The second-order valence-corrected chi connectivity index (χ2v) is 2.69. The Morgan fingerprint density at radius 1 is 1.29 bits per heavy atom. The van der Waals surface area contributed by atoms with E-state index in [-0.39, 0.29) is 0 Å². The van der Waals surface area contributed by atoms with Gasteiger partial charge in [0.15, 0.2) is 17.1 Å². The number of fused-ring (bicyclic) bond motifs is 1. The van der Waals surface area contributed by atoms with Crippen molar-refractivity contribution in [2.24, 2.45) is 0 Å². The maximum atomic E-state index is 10.9. The maximum Gasteiger partial charge on any atom is 0.417 e. The highest BCUT2D eigenvalue weighted by Crippen LogP contribution is 2.33. The summed E-state index contributed by atoms with van der Waals surface area (Å²) < 4.78 is 15.0. The van der Waals surface area contributed by atoms with Crippen molar-refractivity contribution in [3.63, 3.8) is 0 Å². The van der Waals surface area contributed by atoms with Crippen molar-refractivity contribution >= 4 is 11.1 Å². The van der Waals surface area contributed by atoms with E-state index in [4.69, 9.17) is 13.9 Å². The second kappa shape index (κ2) is 3.10. The lowest BCUT2D eigenvalue weighted by Gasteiger charge is -2.06. The summed E-state index contributed by atoms with van der Waals surface area (Å²) in [6.07, 6.45) is 0. The van der Waals surface area contributed by atoms with E-state index in [0.717, 1.165) is 0 Å². The number of nitrogens with one attached hydrogen (secondary N) is 1. The van der Waals surface area contributed by atoms with Crippen LogP contribution in [0.15, 0.2) is 21.3 Å². The van der Waals surface area contributed by atoms with Crippen LogP contribution in [-0.2, 0) is 0 Å². The van der Waals surface area contributed by atoms with E-state index in [1.165, 1.54) is 14.2 Å². The van der Waals surface area contributed by atoms with Gasteiger partial charge in [-0.1, -0.05) is 0 Å². The number of aromatic amines is 1. The van der Waals surface area contributed by atoms with Crippen LogP contribution in [0.25, 0.3) is 11.1 Å². The predicted molar refractivity (Wildman–Crippen MR) is 49.9 cm³/mol. The van der Waals surface area contributed by atoms with Gasteiger partial charge in [0.2, 0.25) is 0 Å². The van der Waals surface area contributed by atoms with Crippen LogP contribution in [0.2, 0.25) is 0 Å². The molecule has 5 nitrogen and oxygen atoms in total. The number of hydrogen-bond acceptors (Lipinski definition) is 4. The largest absolute Gasteiger partial charge is 0.493 e. The molecule has 0 spiro atoms. The molecule has 14 heavy (non-hydrogen) atoms. The SMILES string of the molecule is COc1ccc2oc(=O)[nH]c2c1OC. The van der Waals surface area contributed by atoms with Crippen LogP contribution >= 0.6 is 0 Å². The minimum Gasteiger partial charge on any atom is -0.493 e. The van der Waals surface area contributed by atoms with Crippen molar-refractivity contribution in [3.05, 3.63) is 22.7 Å². The van der Waals surface area contributed by atoms with E-state index in [0.29, 0.717) is 22.6 Å². The van der Waals surface area contributed by atoms with Crippen LogP contribution in [0.3, 0.4) is 0 Å². The number of ether oxygens (including phenoxy) is 2. The summed E-state index contributed by atoms with van der Waals surface area (Å²) in [5.74, 6) is 0.513. The Hall–Kier alpha value is -1.91. The predicted octanol–water partition coefficient (Wildman–Crippen LogP) is 1.14. The highest BCUT2D eigenvalue weighted by molar-refractivity contribution is 5.82. The molecule has 1 N–H and O–H groups in total. The average molecular weight is 195 g/mol. The highest BCUT2D eigenvalue weighted by atomic mass is 16.5. The summed E-state index contributed by atoms with van der Waals surface area (Å²) in [7, 11) is 3.03. The van der Waals surface area contributed by atoms with Gasteiger partial charge in [-0.15, -0.1) is 0 Å². The van der Waals surface area contributed by atoms with Gasteiger partial charge in [-0.2, -0.15) is 0 Å². The molecule has 5 heteroatoms. The lowest BCUT2D eigenvalue weighted by atomic mass is 10.3. The second-order valence-electron chi connectivity index (χ2n) is 2.69. The van der Waals surface area contributed by atoms with Crippen LogP contribution in [0.5, 0.6) is 11.5 Å². The van der Waals surface area contributed by atoms with E-state index in [9.17, 15) is 4.79 Å². The zero-order valence-electron chi connectivity index (χ0n) is 7.79. The third-order valence-electron chi connectivity index (χ3n) is 1.94. The lowest BCUT2D eigenvalue weighted by Crippen LogP contribution is -1.95. The fourth-order valence-corrected chi connectivity index (χ4v) is 1.34. The molecule has 2 aromatic rings. The molecule has 0 atom stereocenters. The average Bonchev–Trinajstić information content (AvgIpc) is 2.56. The molecule has 0 unspecified atom stereocenters. The Bertz CT molecular complexity index is 511. The van der Waals surface area contributed by atoms with Crippen LogP contribution in [0, 0.1) is 0 Å². The fraction of sp³-hybridized carbons (Fsp3) is 0.222.